The Kier molecular flexibility index (Phi) is 3.14. The van der Waals surface area contributed by atoms with Crippen molar-refractivity contribution >= 4 is 0 Å². The standard InChI is InChI=1S/C13H22N4/c1-10-5-3-2-4-6-12(10)17-13-7-8-14-9-11(13)15-16-17/h10,12,14H,2-9H2,1H3. The maximum atomic E-state index is 4.44. The molecule has 17 heavy (non-hydrogen) atoms. The second-order valence-electron chi connectivity index (χ2n) is 5.54. The molecule has 1 aliphatic carbocycles. The average Bonchev–Trinajstić information content (AvgIpc) is 2.66. The zero-order valence-electron chi connectivity index (χ0n) is 10.7. The number of nitrogens with zero attached hydrogens (tertiary/aromatic N) is 3. The first-order chi connectivity index (χ1) is 8.36. The molecular weight excluding hydrogens is 212 g/mol. The zero-order valence-corrected chi connectivity index (χ0v) is 10.7. The van der Waals surface area contributed by atoms with Gasteiger partial charge in [0, 0.05) is 19.5 Å². The number of aromatic nitrogens is 3. The Morgan fingerprint density at radius 3 is 3.06 bits per heavy atom. The van der Waals surface area contributed by atoms with Gasteiger partial charge in [0.2, 0.25) is 0 Å². The predicted octanol–water partition coefficient (Wildman–Crippen LogP) is 2.07. The lowest BCUT2D eigenvalue weighted by Crippen LogP contribution is -2.27. The highest BCUT2D eigenvalue weighted by Crippen LogP contribution is 2.33. The van der Waals surface area contributed by atoms with Crippen LogP contribution in [0.2, 0.25) is 0 Å². The third-order valence-electron chi connectivity index (χ3n) is 4.33. The lowest BCUT2D eigenvalue weighted by atomic mass is 9.96. The smallest absolute Gasteiger partial charge is 0.0997 e. The van der Waals surface area contributed by atoms with Crippen LogP contribution >= 0.6 is 0 Å². The largest absolute Gasteiger partial charge is 0.311 e. The van der Waals surface area contributed by atoms with Crippen LogP contribution in [-0.4, -0.2) is 21.5 Å². The Bertz CT molecular complexity index is 385. The van der Waals surface area contributed by atoms with Gasteiger partial charge in [-0.15, -0.1) is 5.10 Å². The van der Waals surface area contributed by atoms with E-state index in [2.05, 4.69) is 27.2 Å². The Balaban J connectivity index is 1.89. The van der Waals surface area contributed by atoms with E-state index in [9.17, 15) is 0 Å². The Hall–Kier alpha value is -0.900. The van der Waals surface area contributed by atoms with Crippen LogP contribution in [0.25, 0.3) is 0 Å². The fourth-order valence-electron chi connectivity index (χ4n) is 3.26. The molecule has 1 N–H and O–H groups in total. The molecule has 0 spiro atoms. The summed E-state index contributed by atoms with van der Waals surface area (Å²) < 4.78 is 2.26. The fraction of sp³-hybridized carbons (Fsp3) is 0.846. The van der Waals surface area contributed by atoms with Crippen molar-refractivity contribution in [3.63, 3.8) is 0 Å². The minimum Gasteiger partial charge on any atom is -0.311 e. The Morgan fingerprint density at radius 2 is 2.12 bits per heavy atom. The normalized spacial score (nSPS) is 29.7. The summed E-state index contributed by atoms with van der Waals surface area (Å²) in [6.07, 6.45) is 7.84. The number of hydrogen-bond donors (Lipinski definition) is 1. The second-order valence-corrected chi connectivity index (χ2v) is 5.54. The molecule has 94 valence electrons. The topological polar surface area (TPSA) is 42.7 Å². The number of nitrogens with one attached hydrogen (secondary N) is 1. The molecule has 1 fully saturated rings. The van der Waals surface area contributed by atoms with E-state index in [1.165, 1.54) is 43.5 Å². The second kappa shape index (κ2) is 4.77. The van der Waals surface area contributed by atoms with E-state index in [0.717, 1.165) is 25.4 Å². The van der Waals surface area contributed by atoms with E-state index in [0.29, 0.717) is 6.04 Å². The Morgan fingerprint density at radius 1 is 1.24 bits per heavy atom. The van der Waals surface area contributed by atoms with Gasteiger partial charge in [-0.1, -0.05) is 31.4 Å². The van der Waals surface area contributed by atoms with Crippen molar-refractivity contribution in [3.8, 4) is 0 Å². The molecule has 0 bridgehead atoms. The average molecular weight is 234 g/mol. The van der Waals surface area contributed by atoms with Crippen molar-refractivity contribution in [1.82, 2.24) is 20.3 Å². The van der Waals surface area contributed by atoms with Gasteiger partial charge in [-0.3, -0.25) is 0 Å². The van der Waals surface area contributed by atoms with E-state index in [1.54, 1.807) is 0 Å². The summed E-state index contributed by atoms with van der Waals surface area (Å²) >= 11 is 0. The van der Waals surface area contributed by atoms with Gasteiger partial charge in [0.25, 0.3) is 0 Å². The van der Waals surface area contributed by atoms with Gasteiger partial charge in [-0.05, 0) is 18.8 Å². The monoisotopic (exact) mass is 234 g/mol. The van der Waals surface area contributed by atoms with Gasteiger partial charge < -0.3 is 5.32 Å². The summed E-state index contributed by atoms with van der Waals surface area (Å²) in [7, 11) is 0. The Labute approximate surface area is 103 Å². The van der Waals surface area contributed by atoms with Crippen LogP contribution in [0.15, 0.2) is 0 Å². The molecule has 2 unspecified atom stereocenters. The summed E-state index contributed by atoms with van der Waals surface area (Å²) in [5.74, 6) is 0.748. The summed E-state index contributed by atoms with van der Waals surface area (Å²) in [6.45, 7) is 4.35. The maximum absolute atomic E-state index is 4.44. The van der Waals surface area contributed by atoms with E-state index in [4.69, 9.17) is 0 Å². The first-order valence-electron chi connectivity index (χ1n) is 7.00. The highest BCUT2D eigenvalue weighted by Gasteiger charge is 2.26. The van der Waals surface area contributed by atoms with Crippen molar-refractivity contribution in [2.45, 2.75) is 58.0 Å². The molecule has 1 aromatic heterocycles. The van der Waals surface area contributed by atoms with E-state index in [-0.39, 0.29) is 0 Å². The molecule has 3 rings (SSSR count). The van der Waals surface area contributed by atoms with Crippen molar-refractivity contribution < 1.29 is 0 Å². The van der Waals surface area contributed by atoms with Crippen LogP contribution in [0, 0.1) is 5.92 Å². The van der Waals surface area contributed by atoms with Crippen molar-refractivity contribution in [1.29, 1.82) is 0 Å². The predicted molar refractivity (Wildman–Crippen MR) is 66.7 cm³/mol. The molecule has 2 aliphatic rings. The minimum atomic E-state index is 0.590. The van der Waals surface area contributed by atoms with Crippen LogP contribution < -0.4 is 5.32 Å². The summed E-state index contributed by atoms with van der Waals surface area (Å²) in [6, 6.07) is 0.590. The summed E-state index contributed by atoms with van der Waals surface area (Å²) in [5.41, 5.74) is 2.56. The molecule has 0 amide bonds. The van der Waals surface area contributed by atoms with Gasteiger partial charge in [-0.2, -0.15) is 0 Å². The van der Waals surface area contributed by atoms with E-state index < -0.39 is 0 Å². The molecule has 4 heteroatoms. The molecular formula is C13H22N4. The van der Waals surface area contributed by atoms with Crippen molar-refractivity contribution in [2.75, 3.05) is 6.54 Å². The third kappa shape index (κ3) is 2.10. The van der Waals surface area contributed by atoms with Crippen LogP contribution in [0.1, 0.15) is 56.5 Å². The molecule has 1 aromatic rings. The minimum absolute atomic E-state index is 0.590. The molecule has 1 aliphatic heterocycles. The molecule has 1 saturated carbocycles. The first-order valence-corrected chi connectivity index (χ1v) is 7.00. The van der Waals surface area contributed by atoms with E-state index >= 15 is 0 Å². The number of hydrogen-bond acceptors (Lipinski definition) is 3. The van der Waals surface area contributed by atoms with Crippen molar-refractivity contribution in [3.05, 3.63) is 11.4 Å². The zero-order chi connectivity index (χ0) is 11.7. The molecule has 0 radical (unpaired) electrons. The fourth-order valence-corrected chi connectivity index (χ4v) is 3.26. The quantitative estimate of drug-likeness (QED) is 0.756. The van der Waals surface area contributed by atoms with Crippen LogP contribution in [0.5, 0.6) is 0 Å². The third-order valence-corrected chi connectivity index (χ3v) is 4.33. The van der Waals surface area contributed by atoms with Crippen LogP contribution in [0.4, 0.5) is 0 Å². The van der Waals surface area contributed by atoms with Gasteiger partial charge in [-0.25, -0.2) is 4.68 Å². The van der Waals surface area contributed by atoms with Gasteiger partial charge >= 0.3 is 0 Å². The summed E-state index contributed by atoms with van der Waals surface area (Å²) in [5, 5.41) is 12.2. The molecule has 4 nitrogen and oxygen atoms in total. The lowest BCUT2D eigenvalue weighted by Gasteiger charge is -2.24. The lowest BCUT2D eigenvalue weighted by molar-refractivity contribution is 0.296. The number of rotatable bonds is 1. The van der Waals surface area contributed by atoms with Gasteiger partial charge in [0.05, 0.1) is 17.4 Å². The summed E-state index contributed by atoms with van der Waals surface area (Å²) in [4.78, 5) is 0. The highest BCUT2D eigenvalue weighted by molar-refractivity contribution is 5.14. The van der Waals surface area contributed by atoms with E-state index in [1.807, 2.05) is 0 Å². The van der Waals surface area contributed by atoms with Gasteiger partial charge in [0.15, 0.2) is 0 Å². The van der Waals surface area contributed by atoms with Crippen LogP contribution in [-0.2, 0) is 13.0 Å². The highest BCUT2D eigenvalue weighted by atomic mass is 15.4. The number of fused-ring (bicyclic) bond motifs is 1. The maximum Gasteiger partial charge on any atom is 0.0997 e. The first kappa shape index (κ1) is 11.2. The molecule has 0 aromatic carbocycles. The van der Waals surface area contributed by atoms with Crippen molar-refractivity contribution in [2.24, 2.45) is 5.92 Å². The SMILES string of the molecule is CC1CCCCCC1n1nnc2c1CCNC2. The van der Waals surface area contributed by atoms with Gasteiger partial charge in [0.1, 0.15) is 0 Å². The molecule has 2 heterocycles. The molecule has 0 saturated heterocycles. The van der Waals surface area contributed by atoms with Crippen LogP contribution in [0.3, 0.4) is 0 Å². The molecule has 2 atom stereocenters.